The SMILES string of the molecule is CC(C)N1Cc2c(nc(N3CCN(C(=O)OC(C)(C)C)CC3)[nH]c2=O)C1=O. The predicted molar refractivity (Wildman–Crippen MR) is 99.9 cm³/mol. The molecule has 1 aromatic heterocycles. The normalized spacial score (nSPS) is 17.6. The first-order valence-corrected chi connectivity index (χ1v) is 9.24. The van der Waals surface area contributed by atoms with Gasteiger partial charge in [-0.3, -0.25) is 14.6 Å². The van der Waals surface area contributed by atoms with Gasteiger partial charge in [-0.1, -0.05) is 0 Å². The second-order valence-corrected chi connectivity index (χ2v) is 8.20. The lowest BCUT2D eigenvalue weighted by Crippen LogP contribution is -2.50. The molecule has 0 bridgehead atoms. The number of nitrogens with one attached hydrogen (secondary N) is 1. The van der Waals surface area contributed by atoms with Gasteiger partial charge in [0.2, 0.25) is 5.95 Å². The Hall–Kier alpha value is -2.58. The van der Waals surface area contributed by atoms with Crippen LogP contribution < -0.4 is 10.5 Å². The predicted octanol–water partition coefficient (Wildman–Crippen LogP) is 1.19. The van der Waals surface area contributed by atoms with Gasteiger partial charge < -0.3 is 19.4 Å². The zero-order chi connectivity index (χ0) is 19.9. The fourth-order valence-corrected chi connectivity index (χ4v) is 3.18. The number of H-pyrrole nitrogens is 1. The molecule has 148 valence electrons. The quantitative estimate of drug-likeness (QED) is 0.831. The number of rotatable bonds is 2. The fourth-order valence-electron chi connectivity index (χ4n) is 3.18. The average molecular weight is 377 g/mol. The Morgan fingerprint density at radius 3 is 2.33 bits per heavy atom. The summed E-state index contributed by atoms with van der Waals surface area (Å²) in [7, 11) is 0. The van der Waals surface area contributed by atoms with Crippen molar-refractivity contribution < 1.29 is 14.3 Å². The summed E-state index contributed by atoms with van der Waals surface area (Å²) in [6.45, 7) is 11.5. The topological polar surface area (TPSA) is 98.8 Å². The van der Waals surface area contributed by atoms with Crippen LogP contribution in [0, 0.1) is 0 Å². The summed E-state index contributed by atoms with van der Waals surface area (Å²) in [5.41, 5.74) is -0.160. The average Bonchev–Trinajstić information content (AvgIpc) is 2.91. The molecule has 3 rings (SSSR count). The summed E-state index contributed by atoms with van der Waals surface area (Å²) in [5, 5.41) is 0. The van der Waals surface area contributed by atoms with Crippen LogP contribution >= 0.6 is 0 Å². The highest BCUT2D eigenvalue weighted by molar-refractivity contribution is 5.96. The van der Waals surface area contributed by atoms with E-state index in [0.29, 0.717) is 44.2 Å². The second kappa shape index (κ2) is 6.86. The van der Waals surface area contributed by atoms with Crippen LogP contribution in [-0.4, -0.2) is 69.6 Å². The Bertz CT molecular complexity index is 803. The molecule has 0 saturated carbocycles. The van der Waals surface area contributed by atoms with Gasteiger partial charge in [0.25, 0.3) is 11.5 Å². The number of anilines is 1. The van der Waals surface area contributed by atoms with Crippen molar-refractivity contribution >= 4 is 17.9 Å². The van der Waals surface area contributed by atoms with E-state index < -0.39 is 5.60 Å². The Morgan fingerprint density at radius 2 is 1.78 bits per heavy atom. The summed E-state index contributed by atoms with van der Waals surface area (Å²) < 4.78 is 5.39. The lowest BCUT2D eigenvalue weighted by atomic mass is 10.2. The molecule has 1 saturated heterocycles. The third kappa shape index (κ3) is 3.91. The molecule has 9 nitrogen and oxygen atoms in total. The third-order valence-electron chi connectivity index (χ3n) is 4.65. The Labute approximate surface area is 158 Å². The lowest BCUT2D eigenvalue weighted by Gasteiger charge is -2.35. The summed E-state index contributed by atoms with van der Waals surface area (Å²) >= 11 is 0. The van der Waals surface area contributed by atoms with Gasteiger partial charge in [0.1, 0.15) is 11.3 Å². The lowest BCUT2D eigenvalue weighted by molar-refractivity contribution is 0.0240. The maximum Gasteiger partial charge on any atom is 0.410 e. The van der Waals surface area contributed by atoms with E-state index in [0.717, 1.165) is 0 Å². The van der Waals surface area contributed by atoms with Crippen molar-refractivity contribution in [3.8, 4) is 0 Å². The standard InChI is InChI=1S/C18H27N5O4/c1-11(2)23-10-12-13(15(23)25)19-16(20-14(12)24)21-6-8-22(9-7-21)17(26)27-18(3,4)5/h11H,6-10H2,1-5H3,(H,19,20,24). The largest absolute Gasteiger partial charge is 0.444 e. The van der Waals surface area contributed by atoms with E-state index in [1.807, 2.05) is 39.5 Å². The number of hydrogen-bond acceptors (Lipinski definition) is 6. The van der Waals surface area contributed by atoms with Crippen LogP contribution in [-0.2, 0) is 11.3 Å². The van der Waals surface area contributed by atoms with E-state index >= 15 is 0 Å². The molecule has 0 radical (unpaired) electrons. The minimum absolute atomic E-state index is 0.00641. The Balaban J connectivity index is 1.72. The number of nitrogens with zero attached hydrogens (tertiary/aromatic N) is 4. The fraction of sp³-hybridized carbons (Fsp3) is 0.667. The number of aromatic nitrogens is 2. The van der Waals surface area contributed by atoms with Crippen LogP contribution in [0.15, 0.2) is 4.79 Å². The van der Waals surface area contributed by atoms with Crippen molar-refractivity contribution in [2.24, 2.45) is 0 Å². The van der Waals surface area contributed by atoms with Gasteiger partial charge in [0, 0.05) is 32.2 Å². The number of amides is 2. The van der Waals surface area contributed by atoms with Crippen LogP contribution in [0.4, 0.5) is 10.7 Å². The molecule has 0 aromatic carbocycles. The molecule has 27 heavy (non-hydrogen) atoms. The van der Waals surface area contributed by atoms with Crippen molar-refractivity contribution in [3.05, 3.63) is 21.6 Å². The maximum atomic E-state index is 12.5. The van der Waals surface area contributed by atoms with Crippen LogP contribution in [0.3, 0.4) is 0 Å². The van der Waals surface area contributed by atoms with Crippen molar-refractivity contribution in [3.63, 3.8) is 0 Å². The molecule has 0 unspecified atom stereocenters. The van der Waals surface area contributed by atoms with Gasteiger partial charge in [-0.05, 0) is 34.6 Å². The number of piperazine rings is 1. The molecule has 1 aromatic rings. The van der Waals surface area contributed by atoms with Crippen LogP contribution in [0.5, 0.6) is 0 Å². The molecule has 1 N–H and O–H groups in total. The van der Waals surface area contributed by atoms with Crippen molar-refractivity contribution in [1.82, 2.24) is 19.8 Å². The summed E-state index contributed by atoms with van der Waals surface area (Å²) in [6, 6.07) is 0.00641. The highest BCUT2D eigenvalue weighted by atomic mass is 16.6. The van der Waals surface area contributed by atoms with Crippen molar-refractivity contribution in [2.45, 2.75) is 52.8 Å². The molecule has 1 fully saturated rings. The zero-order valence-corrected chi connectivity index (χ0v) is 16.5. The summed E-state index contributed by atoms with van der Waals surface area (Å²) in [5.74, 6) is 0.168. The molecular formula is C18H27N5O4. The van der Waals surface area contributed by atoms with Crippen LogP contribution in [0.25, 0.3) is 0 Å². The number of aromatic amines is 1. The van der Waals surface area contributed by atoms with E-state index in [1.165, 1.54) is 0 Å². The van der Waals surface area contributed by atoms with E-state index in [-0.39, 0.29) is 29.3 Å². The second-order valence-electron chi connectivity index (χ2n) is 8.20. The van der Waals surface area contributed by atoms with E-state index in [4.69, 9.17) is 4.74 Å². The first-order valence-electron chi connectivity index (χ1n) is 9.24. The number of carbonyl (C=O) groups is 2. The molecule has 2 amide bonds. The van der Waals surface area contributed by atoms with Gasteiger partial charge in [0.15, 0.2) is 0 Å². The van der Waals surface area contributed by atoms with Gasteiger partial charge in [-0.2, -0.15) is 0 Å². The minimum Gasteiger partial charge on any atom is -0.444 e. The zero-order valence-electron chi connectivity index (χ0n) is 16.5. The highest BCUT2D eigenvalue weighted by Crippen LogP contribution is 2.22. The molecule has 2 aliphatic rings. The van der Waals surface area contributed by atoms with Crippen molar-refractivity contribution in [2.75, 3.05) is 31.1 Å². The molecule has 0 atom stereocenters. The molecule has 9 heteroatoms. The Kier molecular flexibility index (Phi) is 4.88. The highest BCUT2D eigenvalue weighted by Gasteiger charge is 2.34. The molecule has 2 aliphatic heterocycles. The minimum atomic E-state index is -0.538. The maximum absolute atomic E-state index is 12.5. The summed E-state index contributed by atoms with van der Waals surface area (Å²) in [4.78, 5) is 49.5. The molecule has 0 aliphatic carbocycles. The number of carbonyl (C=O) groups excluding carboxylic acids is 2. The first kappa shape index (κ1) is 19.2. The molecular weight excluding hydrogens is 350 g/mol. The van der Waals surface area contributed by atoms with Gasteiger partial charge >= 0.3 is 6.09 Å². The van der Waals surface area contributed by atoms with Crippen molar-refractivity contribution in [1.29, 1.82) is 0 Å². The van der Waals surface area contributed by atoms with Gasteiger partial charge in [-0.25, -0.2) is 9.78 Å². The van der Waals surface area contributed by atoms with Gasteiger partial charge in [-0.15, -0.1) is 0 Å². The van der Waals surface area contributed by atoms with E-state index in [9.17, 15) is 14.4 Å². The Morgan fingerprint density at radius 1 is 1.15 bits per heavy atom. The number of hydrogen-bond donors (Lipinski definition) is 1. The molecule has 3 heterocycles. The van der Waals surface area contributed by atoms with Gasteiger partial charge in [0.05, 0.1) is 12.1 Å². The first-order chi connectivity index (χ1) is 12.6. The monoisotopic (exact) mass is 377 g/mol. The number of fused-ring (bicyclic) bond motifs is 1. The van der Waals surface area contributed by atoms with Crippen LogP contribution in [0.1, 0.15) is 50.7 Å². The molecule has 0 spiro atoms. The number of ether oxygens (including phenoxy) is 1. The third-order valence-corrected chi connectivity index (χ3v) is 4.65. The summed E-state index contributed by atoms with van der Waals surface area (Å²) in [6.07, 6.45) is -0.347. The smallest absolute Gasteiger partial charge is 0.410 e. The van der Waals surface area contributed by atoms with Crippen LogP contribution in [0.2, 0.25) is 0 Å². The van der Waals surface area contributed by atoms with E-state index in [2.05, 4.69) is 9.97 Å². The van der Waals surface area contributed by atoms with E-state index in [1.54, 1.807) is 9.80 Å².